The highest BCUT2D eigenvalue weighted by atomic mass is 32.1. The second-order valence-electron chi connectivity index (χ2n) is 38.9. The summed E-state index contributed by atoms with van der Waals surface area (Å²) in [5, 5.41) is 0. The molecule has 0 atom stereocenters. The number of unbranched alkanes of at least 4 members (excludes halogenated alkanes) is 20. The Morgan fingerprint density at radius 3 is 0.408 bits per heavy atom. The molecule has 0 radical (unpaired) electrons. The molecule has 5 aromatic rings. The fourth-order valence-electron chi connectivity index (χ4n) is 23.1. The summed E-state index contributed by atoms with van der Waals surface area (Å²) in [6.07, 6.45) is 71.6. The monoisotopic (exact) mass is 1760 g/mol. The first-order valence-corrected chi connectivity index (χ1v) is 50.3. The first-order valence-electron chi connectivity index (χ1n) is 48.1. The molecule has 5 aromatic carbocycles. The number of hydrogen-bond donors (Lipinski definition) is 5. The summed E-state index contributed by atoms with van der Waals surface area (Å²) in [7, 11) is 0. The van der Waals surface area contributed by atoms with Crippen molar-refractivity contribution in [3.63, 3.8) is 0 Å². The summed E-state index contributed by atoms with van der Waals surface area (Å²) in [6, 6.07) is 44.5. The number of ether oxygens (including phenoxy) is 5. The Kier molecular flexibility index (Phi) is 46.0. The van der Waals surface area contributed by atoms with Crippen LogP contribution >= 0.6 is 63.1 Å². The van der Waals surface area contributed by atoms with Crippen LogP contribution in [0.25, 0.3) is 0 Å². The van der Waals surface area contributed by atoms with Crippen LogP contribution in [0, 0.1) is 0 Å². The van der Waals surface area contributed by atoms with Crippen LogP contribution in [-0.4, -0.2) is 61.0 Å². The molecule has 15 heteroatoms. The number of fused-ring (bicyclic) bond motifs is 15. The van der Waals surface area contributed by atoms with Crippen molar-refractivity contribution >= 4 is 63.1 Å². The maximum atomic E-state index is 6.43. The largest absolute Gasteiger partial charge is 0.375 e. The molecule has 0 aromatic heterocycles. The molecule has 120 heavy (non-hydrogen) atoms. The number of benzene rings is 5. The van der Waals surface area contributed by atoms with Crippen LogP contribution in [0.5, 0.6) is 0 Å². The van der Waals surface area contributed by atoms with Crippen molar-refractivity contribution in [2.45, 2.75) is 467 Å². The molecule has 20 rings (SSSR count). The van der Waals surface area contributed by atoms with Gasteiger partial charge in [-0.3, -0.25) is 23.5 Å². The van der Waals surface area contributed by atoms with E-state index in [2.05, 4.69) is 219 Å². The lowest BCUT2D eigenvalue weighted by atomic mass is 9.56. The Morgan fingerprint density at radius 2 is 0.292 bits per heavy atom. The molecular weight excluding hydrogens is 1600 g/mol. The molecule has 0 heterocycles. The highest BCUT2D eigenvalue weighted by Crippen LogP contribution is 2.60. The van der Waals surface area contributed by atoms with Crippen molar-refractivity contribution in [3.05, 3.63) is 149 Å². The van der Waals surface area contributed by atoms with Crippen molar-refractivity contribution < 1.29 is 47.2 Å². The molecule has 0 N–H and O–H groups in total. The number of thiol groups is 5. The second-order valence-corrected chi connectivity index (χ2v) is 41.4. The predicted octanol–water partition coefficient (Wildman–Crippen LogP) is 32.3. The molecule has 15 aliphatic carbocycles. The van der Waals surface area contributed by atoms with Gasteiger partial charge in [0.05, 0.1) is 28.0 Å². The van der Waals surface area contributed by atoms with Gasteiger partial charge in [-0.05, 0) is 340 Å². The molecule has 0 aliphatic heterocycles. The predicted molar refractivity (Wildman–Crippen MR) is 515 cm³/mol. The van der Waals surface area contributed by atoms with Crippen molar-refractivity contribution in [2.24, 2.45) is 0 Å². The van der Waals surface area contributed by atoms with E-state index in [0.717, 1.165) is 57.5 Å². The van der Waals surface area contributed by atoms with Crippen LogP contribution in [0.15, 0.2) is 146 Å². The van der Waals surface area contributed by atoms with Crippen LogP contribution in [0.2, 0.25) is 0 Å². The second kappa shape index (κ2) is 52.1. The maximum absolute atomic E-state index is 6.43. The zero-order valence-corrected chi connectivity index (χ0v) is 79.8. The molecule has 0 amide bonds. The van der Waals surface area contributed by atoms with Crippen LogP contribution in [0.3, 0.4) is 0 Å². The molecule has 15 aliphatic rings. The summed E-state index contributed by atoms with van der Waals surface area (Å²) >= 11 is 22.1. The first-order chi connectivity index (χ1) is 55.9. The third-order valence-corrected chi connectivity index (χ3v) is 33.1. The molecule has 15 fully saturated rings. The molecule has 0 unspecified atom stereocenters. The van der Waals surface area contributed by atoms with Gasteiger partial charge in [-0.15, -0.1) is 63.1 Å². The van der Waals surface area contributed by atoms with E-state index < -0.39 is 0 Å². The third-order valence-electron chi connectivity index (χ3n) is 31.6. The summed E-state index contributed by atoms with van der Waals surface area (Å²) in [5.41, 5.74) is 10.9. The highest BCUT2D eigenvalue weighted by molar-refractivity contribution is 7.81. The minimum atomic E-state index is 0. The summed E-state index contributed by atoms with van der Waals surface area (Å²) < 4.78 is 32.1. The zero-order chi connectivity index (χ0) is 80.9. The number of rotatable bonds is 40. The minimum absolute atomic E-state index is 0. The lowest BCUT2D eigenvalue weighted by molar-refractivity contribution is -0.119. The summed E-state index contributed by atoms with van der Waals surface area (Å²) in [4.78, 5) is 5.34. The summed E-state index contributed by atoms with van der Waals surface area (Å²) in [6.45, 7) is 16.3. The van der Waals surface area contributed by atoms with E-state index in [4.69, 9.17) is 23.7 Å². The summed E-state index contributed by atoms with van der Waals surface area (Å²) in [5.74, 6) is 0. The lowest BCUT2D eigenvalue weighted by Crippen LogP contribution is -2.49. The smallest absolute Gasteiger partial charge is 0.0683 e. The van der Waals surface area contributed by atoms with Crippen LogP contribution in [0.1, 0.15) is 416 Å². The molecule has 680 valence electrons. The number of halogens is 5. The molecule has 5 nitrogen and oxygen atoms in total. The van der Waals surface area contributed by atoms with Crippen molar-refractivity contribution in [2.75, 3.05) is 33.0 Å². The van der Waals surface area contributed by atoms with Gasteiger partial charge in [-0.1, -0.05) is 224 Å². The minimum Gasteiger partial charge on any atom is -0.375 e. The maximum Gasteiger partial charge on any atom is 0.0683 e. The Bertz CT molecular complexity index is 2920. The fraction of sp³-hybridized carbons (Fsp3) is 0.714. The van der Waals surface area contributed by atoms with E-state index >= 15 is 0 Å². The van der Waals surface area contributed by atoms with Gasteiger partial charge in [0, 0.05) is 57.5 Å². The van der Waals surface area contributed by atoms with Gasteiger partial charge >= 0.3 is 0 Å². The molecule has 15 saturated carbocycles. The molecular formula is C105H165F5O5S5. The van der Waals surface area contributed by atoms with Crippen LogP contribution in [0.4, 0.5) is 23.5 Å². The lowest BCUT2D eigenvalue weighted by Gasteiger charge is -2.53. The van der Waals surface area contributed by atoms with Gasteiger partial charge in [0.2, 0.25) is 0 Å². The van der Waals surface area contributed by atoms with Gasteiger partial charge in [-0.2, -0.15) is 0 Å². The molecule has 0 saturated heterocycles. The van der Waals surface area contributed by atoms with E-state index in [1.54, 1.807) is 0 Å². The molecule has 10 bridgehead atoms. The normalized spacial score (nSPS) is 28.6. The topological polar surface area (TPSA) is 46.2 Å². The average Bonchev–Trinajstić information content (AvgIpc) is 0.776. The van der Waals surface area contributed by atoms with Crippen molar-refractivity contribution in [1.29, 1.82) is 0 Å². The van der Waals surface area contributed by atoms with Gasteiger partial charge in [0.25, 0.3) is 0 Å². The molecule has 0 spiro atoms. The van der Waals surface area contributed by atoms with Crippen molar-refractivity contribution in [3.8, 4) is 0 Å². The quantitative estimate of drug-likeness (QED) is 0.0154. The zero-order valence-electron chi connectivity index (χ0n) is 75.3. The SMILES string of the molecule is CCCCCCCOC12CCC(c3ccc(S)cc3)(CC1)CC2.CCCCCCCOC12CCC(c3ccc(S)cc3)(CC1)CC2.CCCCCCCOC12CCC(c3ccc(S)cc3)(CC1)CC2.CCCCCCCOC12CCC(c3ccc(S)cc3)(CC1)CC2.CCCCCCCOC12CCC(c3ccc(S)cc3)(CC1)CC2.F.F.F.F.F. The first kappa shape index (κ1) is 106. The number of hydrogen-bond acceptors (Lipinski definition) is 10. The Labute approximate surface area is 754 Å². The van der Waals surface area contributed by atoms with E-state index in [-0.39, 0.29) is 51.5 Å². The highest BCUT2D eigenvalue weighted by Gasteiger charge is 2.55. The standard InChI is InChI=1S/5C21H32OS.5FH/c5*1-2-3-4-5-6-17-22-21-14-11-20(12-15-21,13-16-21)18-7-9-19(23)10-8-18;;;;;/h5*7-10,23H,2-6,11-17H2,1H3;5*1H. The van der Waals surface area contributed by atoms with Gasteiger partial charge in [-0.25, -0.2) is 0 Å². The van der Waals surface area contributed by atoms with E-state index in [9.17, 15) is 0 Å². The van der Waals surface area contributed by atoms with Crippen molar-refractivity contribution in [1.82, 2.24) is 0 Å². The Hall–Kier alpha value is -2.70. The van der Waals surface area contributed by atoms with Crippen LogP contribution in [-0.2, 0) is 50.8 Å². The fourth-order valence-corrected chi connectivity index (χ4v) is 23.8. The van der Waals surface area contributed by atoms with Gasteiger partial charge in [0.15, 0.2) is 0 Å². The Balaban J connectivity index is 0.000000230. The van der Waals surface area contributed by atoms with E-state index in [1.165, 1.54) is 381 Å². The van der Waals surface area contributed by atoms with Crippen LogP contribution < -0.4 is 0 Å². The van der Waals surface area contributed by atoms with Gasteiger partial charge in [0.1, 0.15) is 0 Å². The third kappa shape index (κ3) is 29.2. The van der Waals surface area contributed by atoms with E-state index in [0.29, 0.717) is 27.1 Å². The van der Waals surface area contributed by atoms with E-state index in [1.807, 2.05) is 0 Å². The Morgan fingerprint density at radius 1 is 0.175 bits per heavy atom. The average molecular weight is 1760 g/mol. The van der Waals surface area contributed by atoms with Gasteiger partial charge < -0.3 is 23.7 Å².